The number of nitrogens with one attached hydrogen (secondary N) is 1. The van der Waals surface area contributed by atoms with Crippen molar-refractivity contribution in [3.05, 3.63) is 99.5 Å². The van der Waals surface area contributed by atoms with Crippen molar-refractivity contribution in [1.82, 2.24) is 9.73 Å². The van der Waals surface area contributed by atoms with Crippen LogP contribution < -0.4 is 5.43 Å². The molecule has 0 unspecified atom stereocenters. The molecule has 32 heavy (non-hydrogen) atoms. The Morgan fingerprint density at radius 1 is 1.03 bits per heavy atom. The molecule has 0 spiro atoms. The van der Waals surface area contributed by atoms with E-state index in [1.807, 2.05) is 31.2 Å². The Bertz CT molecular complexity index is 1230. The monoisotopic (exact) mass is 489 g/mol. The zero-order chi connectivity index (χ0) is 23.1. The molecule has 0 aromatic heterocycles. The van der Waals surface area contributed by atoms with E-state index in [0.29, 0.717) is 15.6 Å². The number of halogens is 2. The normalized spacial score (nSPS) is 11.8. The molecule has 0 aliphatic rings. The molecular weight excluding hydrogens is 469 g/mol. The molecule has 3 aromatic rings. The van der Waals surface area contributed by atoms with E-state index < -0.39 is 22.5 Å². The number of carbonyl (C=O) groups is 1. The highest BCUT2D eigenvalue weighted by atomic mass is 35.5. The first-order valence-corrected chi connectivity index (χ1v) is 11.8. The second kappa shape index (κ2) is 10.7. The number of aryl methyl sites for hydroxylation is 1. The second-order valence-electron chi connectivity index (χ2n) is 7.03. The molecule has 0 bridgehead atoms. The van der Waals surface area contributed by atoms with Crippen LogP contribution in [0.4, 0.5) is 0 Å². The topological polar surface area (TPSA) is 78.8 Å². The average molecular weight is 490 g/mol. The Hall–Kier alpha value is -2.71. The van der Waals surface area contributed by atoms with Crippen molar-refractivity contribution in [2.24, 2.45) is 5.10 Å². The number of hydrogen-bond acceptors (Lipinski definition) is 4. The Morgan fingerprint density at radius 3 is 2.47 bits per heavy atom. The van der Waals surface area contributed by atoms with Gasteiger partial charge in [-0.15, -0.1) is 0 Å². The predicted octanol–water partition coefficient (Wildman–Crippen LogP) is 4.64. The summed E-state index contributed by atoms with van der Waals surface area (Å²) >= 11 is 12.2. The summed E-state index contributed by atoms with van der Waals surface area (Å²) in [5, 5.41) is 4.68. The van der Waals surface area contributed by atoms with E-state index in [9.17, 15) is 13.2 Å². The van der Waals surface area contributed by atoms with Crippen LogP contribution >= 0.6 is 23.2 Å². The van der Waals surface area contributed by atoms with Gasteiger partial charge in [-0.3, -0.25) is 4.79 Å². The molecule has 166 valence electrons. The summed E-state index contributed by atoms with van der Waals surface area (Å²) in [6.45, 7) is 1.40. The molecule has 3 rings (SSSR count). The number of hydrazone groups is 1. The van der Waals surface area contributed by atoms with Gasteiger partial charge in [-0.25, -0.2) is 13.8 Å². The van der Waals surface area contributed by atoms with Gasteiger partial charge in [0.05, 0.1) is 17.7 Å². The highest BCUT2D eigenvalue weighted by Gasteiger charge is 2.27. The zero-order valence-electron chi connectivity index (χ0n) is 17.2. The standard InChI is InChI=1S/C23H21Cl2N3O3S/c1-17-6-5-7-18(12-17)14-26-27-23(29)16-28(15-19-10-11-20(24)13-22(19)25)32(30,31)21-8-3-2-4-9-21/h2-14H,15-16H2,1H3,(H,27,29)/b26-14-. The lowest BCUT2D eigenvalue weighted by atomic mass is 10.2. The quantitative estimate of drug-likeness (QED) is 0.369. The van der Waals surface area contributed by atoms with Crippen molar-refractivity contribution in [2.45, 2.75) is 18.4 Å². The predicted molar refractivity (Wildman–Crippen MR) is 127 cm³/mol. The van der Waals surface area contributed by atoms with Crippen LogP contribution in [0.3, 0.4) is 0 Å². The van der Waals surface area contributed by atoms with Gasteiger partial charge in [-0.2, -0.15) is 9.41 Å². The maximum atomic E-state index is 13.2. The first-order chi connectivity index (χ1) is 15.3. The van der Waals surface area contributed by atoms with Gasteiger partial charge in [-0.05, 0) is 42.3 Å². The SMILES string of the molecule is Cc1cccc(/C=N\NC(=O)CN(Cc2ccc(Cl)cc2Cl)S(=O)(=O)c2ccccc2)c1. The highest BCUT2D eigenvalue weighted by molar-refractivity contribution is 7.89. The Kier molecular flexibility index (Phi) is 8.04. The van der Waals surface area contributed by atoms with Crippen LogP contribution in [0.15, 0.2) is 82.8 Å². The minimum Gasteiger partial charge on any atom is -0.272 e. The molecule has 0 heterocycles. The van der Waals surface area contributed by atoms with Crippen LogP contribution in [0.25, 0.3) is 0 Å². The van der Waals surface area contributed by atoms with E-state index in [2.05, 4.69) is 10.5 Å². The summed E-state index contributed by atoms with van der Waals surface area (Å²) < 4.78 is 27.5. The van der Waals surface area contributed by atoms with E-state index in [1.165, 1.54) is 24.4 Å². The van der Waals surface area contributed by atoms with Crippen molar-refractivity contribution >= 4 is 45.3 Å². The molecule has 1 amide bonds. The Labute approximate surface area is 197 Å². The van der Waals surface area contributed by atoms with Crippen LogP contribution in [-0.4, -0.2) is 31.4 Å². The average Bonchev–Trinajstić information content (AvgIpc) is 2.75. The van der Waals surface area contributed by atoms with E-state index >= 15 is 0 Å². The molecule has 0 aliphatic carbocycles. The first kappa shape index (κ1) is 23.9. The molecule has 0 fully saturated rings. The number of amides is 1. The summed E-state index contributed by atoms with van der Waals surface area (Å²) in [6.07, 6.45) is 1.50. The van der Waals surface area contributed by atoms with Gasteiger partial charge in [0, 0.05) is 16.6 Å². The molecule has 9 heteroatoms. The van der Waals surface area contributed by atoms with Gasteiger partial charge in [-0.1, -0.05) is 77.3 Å². The summed E-state index contributed by atoms with van der Waals surface area (Å²) in [4.78, 5) is 12.6. The third kappa shape index (κ3) is 6.40. The van der Waals surface area contributed by atoms with E-state index in [4.69, 9.17) is 23.2 Å². The van der Waals surface area contributed by atoms with Gasteiger partial charge < -0.3 is 0 Å². The number of rotatable bonds is 8. The van der Waals surface area contributed by atoms with E-state index in [0.717, 1.165) is 15.4 Å². The smallest absolute Gasteiger partial charge is 0.255 e. The summed E-state index contributed by atoms with van der Waals surface area (Å²) in [6, 6.07) is 20.2. The molecule has 0 radical (unpaired) electrons. The third-order valence-corrected chi connectivity index (χ3v) is 6.90. The molecule has 1 N–H and O–H groups in total. The lowest BCUT2D eigenvalue weighted by Gasteiger charge is -2.22. The van der Waals surface area contributed by atoms with E-state index in [1.54, 1.807) is 30.3 Å². The minimum absolute atomic E-state index is 0.0705. The molecule has 0 atom stereocenters. The van der Waals surface area contributed by atoms with Gasteiger partial charge in [0.2, 0.25) is 10.0 Å². The summed E-state index contributed by atoms with van der Waals surface area (Å²) in [5.41, 5.74) is 4.77. The van der Waals surface area contributed by atoms with Crippen LogP contribution in [-0.2, 0) is 21.4 Å². The highest BCUT2D eigenvalue weighted by Crippen LogP contribution is 2.25. The van der Waals surface area contributed by atoms with Crippen molar-refractivity contribution in [3.8, 4) is 0 Å². The number of carbonyl (C=O) groups excluding carboxylic acids is 1. The lowest BCUT2D eigenvalue weighted by Crippen LogP contribution is -2.39. The van der Waals surface area contributed by atoms with Crippen molar-refractivity contribution in [1.29, 1.82) is 0 Å². The summed E-state index contributed by atoms with van der Waals surface area (Å²) in [7, 11) is -3.98. The van der Waals surface area contributed by atoms with Crippen molar-refractivity contribution in [3.63, 3.8) is 0 Å². The number of sulfonamides is 1. The van der Waals surface area contributed by atoms with Gasteiger partial charge in [0.1, 0.15) is 0 Å². The molecule has 0 saturated carbocycles. The zero-order valence-corrected chi connectivity index (χ0v) is 19.5. The van der Waals surface area contributed by atoms with Crippen LogP contribution in [0.2, 0.25) is 10.0 Å². The molecule has 0 saturated heterocycles. The van der Waals surface area contributed by atoms with Gasteiger partial charge in [0.25, 0.3) is 5.91 Å². The van der Waals surface area contributed by atoms with E-state index in [-0.39, 0.29) is 11.4 Å². The fourth-order valence-electron chi connectivity index (χ4n) is 2.93. The Morgan fingerprint density at radius 2 is 1.78 bits per heavy atom. The van der Waals surface area contributed by atoms with Crippen LogP contribution in [0.1, 0.15) is 16.7 Å². The fraction of sp³-hybridized carbons (Fsp3) is 0.130. The van der Waals surface area contributed by atoms with Gasteiger partial charge in [0.15, 0.2) is 0 Å². The Balaban J connectivity index is 1.81. The molecular formula is C23H21Cl2N3O3S. The van der Waals surface area contributed by atoms with Crippen molar-refractivity contribution in [2.75, 3.05) is 6.54 Å². The first-order valence-electron chi connectivity index (χ1n) is 9.63. The number of benzene rings is 3. The van der Waals surface area contributed by atoms with Gasteiger partial charge >= 0.3 is 0 Å². The largest absolute Gasteiger partial charge is 0.272 e. The maximum Gasteiger partial charge on any atom is 0.255 e. The van der Waals surface area contributed by atoms with Crippen molar-refractivity contribution < 1.29 is 13.2 Å². The second-order valence-corrected chi connectivity index (χ2v) is 9.81. The van der Waals surface area contributed by atoms with Crippen LogP contribution in [0, 0.1) is 6.92 Å². The molecule has 0 aliphatic heterocycles. The minimum atomic E-state index is -3.98. The summed E-state index contributed by atoms with van der Waals surface area (Å²) in [5.74, 6) is -0.585. The van der Waals surface area contributed by atoms with Crippen LogP contribution in [0.5, 0.6) is 0 Å². The third-order valence-electron chi connectivity index (χ3n) is 4.51. The number of nitrogens with zero attached hydrogens (tertiary/aromatic N) is 2. The molecule has 3 aromatic carbocycles. The lowest BCUT2D eigenvalue weighted by molar-refractivity contribution is -0.121. The molecule has 6 nitrogen and oxygen atoms in total. The fourth-order valence-corrected chi connectivity index (χ4v) is 4.80. The number of hydrogen-bond donors (Lipinski definition) is 1. The maximum absolute atomic E-state index is 13.2.